The number of aromatic nitrogens is 3. The first-order valence-electron chi connectivity index (χ1n) is 11.1. The van der Waals surface area contributed by atoms with Gasteiger partial charge in [0.25, 0.3) is 0 Å². The molecular formula is C25H29Cl2N3OS. The van der Waals surface area contributed by atoms with Gasteiger partial charge in [-0.3, -0.25) is 4.57 Å². The molecule has 1 aliphatic rings. The standard InChI is InChI=1S/C25H29Cl2N3OS/c1-25(2,3)18-10-8-17(9-11-18)23-28-29-24(30(23)20-6-4-5-7-20)32-15-14-31-22-13-12-19(26)16-21(22)27/h8-13,16,20H,4-7,14-15H2,1-3H3. The van der Waals surface area contributed by atoms with E-state index in [1.165, 1.54) is 31.2 Å². The van der Waals surface area contributed by atoms with E-state index >= 15 is 0 Å². The molecule has 0 atom stereocenters. The molecule has 0 amide bonds. The zero-order valence-electron chi connectivity index (χ0n) is 18.8. The summed E-state index contributed by atoms with van der Waals surface area (Å²) in [7, 11) is 0. The van der Waals surface area contributed by atoms with E-state index in [-0.39, 0.29) is 5.41 Å². The van der Waals surface area contributed by atoms with E-state index in [0.717, 1.165) is 22.3 Å². The molecule has 2 aromatic carbocycles. The summed E-state index contributed by atoms with van der Waals surface area (Å²) >= 11 is 13.8. The summed E-state index contributed by atoms with van der Waals surface area (Å²) in [6, 6.07) is 14.5. The van der Waals surface area contributed by atoms with Crippen molar-refractivity contribution in [3.63, 3.8) is 0 Å². The van der Waals surface area contributed by atoms with Gasteiger partial charge >= 0.3 is 0 Å². The maximum absolute atomic E-state index is 6.20. The monoisotopic (exact) mass is 489 g/mol. The molecule has 1 saturated carbocycles. The molecule has 0 radical (unpaired) electrons. The fourth-order valence-corrected chi connectivity index (χ4v) is 5.35. The molecule has 1 heterocycles. The Kier molecular flexibility index (Phi) is 7.38. The summed E-state index contributed by atoms with van der Waals surface area (Å²) in [5, 5.41) is 11.2. The minimum absolute atomic E-state index is 0.131. The molecule has 0 unspecified atom stereocenters. The number of hydrogen-bond donors (Lipinski definition) is 0. The first kappa shape index (κ1) is 23.5. The Balaban J connectivity index is 1.49. The summed E-state index contributed by atoms with van der Waals surface area (Å²) in [4.78, 5) is 0. The molecule has 0 spiro atoms. The molecule has 0 bridgehead atoms. The van der Waals surface area contributed by atoms with Gasteiger partial charge in [0, 0.05) is 22.4 Å². The summed E-state index contributed by atoms with van der Waals surface area (Å²) in [5.74, 6) is 2.36. The van der Waals surface area contributed by atoms with Crippen molar-refractivity contribution in [2.45, 2.75) is 63.1 Å². The van der Waals surface area contributed by atoms with Crippen molar-refractivity contribution in [3.8, 4) is 17.1 Å². The minimum Gasteiger partial charge on any atom is -0.491 e. The number of thioether (sulfide) groups is 1. The third-order valence-electron chi connectivity index (χ3n) is 5.83. The molecule has 4 rings (SSSR count). The Morgan fingerprint density at radius 3 is 2.41 bits per heavy atom. The van der Waals surface area contributed by atoms with Gasteiger partial charge in [-0.15, -0.1) is 10.2 Å². The van der Waals surface area contributed by atoms with Crippen LogP contribution in [0, 0.1) is 0 Å². The van der Waals surface area contributed by atoms with Crippen LogP contribution in [0.15, 0.2) is 47.6 Å². The number of halogens is 2. The highest BCUT2D eigenvalue weighted by atomic mass is 35.5. The Hall–Kier alpha value is -1.69. The summed E-state index contributed by atoms with van der Waals surface area (Å²) in [5.41, 5.74) is 2.57. The lowest BCUT2D eigenvalue weighted by atomic mass is 9.86. The quantitative estimate of drug-likeness (QED) is 0.250. The van der Waals surface area contributed by atoms with Crippen LogP contribution in [-0.4, -0.2) is 27.1 Å². The molecule has 4 nitrogen and oxygen atoms in total. The van der Waals surface area contributed by atoms with E-state index < -0.39 is 0 Å². The predicted octanol–water partition coefficient (Wildman–Crippen LogP) is 7.84. The van der Waals surface area contributed by atoms with Gasteiger partial charge < -0.3 is 4.74 Å². The molecule has 0 saturated heterocycles. The van der Waals surface area contributed by atoms with Crippen molar-refractivity contribution >= 4 is 35.0 Å². The molecule has 1 aliphatic carbocycles. The maximum atomic E-state index is 6.20. The number of nitrogens with zero attached hydrogens (tertiary/aromatic N) is 3. The van der Waals surface area contributed by atoms with Crippen molar-refractivity contribution in [3.05, 3.63) is 58.1 Å². The van der Waals surface area contributed by atoms with Gasteiger partial charge in [0.05, 0.1) is 11.6 Å². The van der Waals surface area contributed by atoms with Gasteiger partial charge in [-0.1, -0.05) is 92.8 Å². The summed E-state index contributed by atoms with van der Waals surface area (Å²) < 4.78 is 8.19. The minimum atomic E-state index is 0.131. The van der Waals surface area contributed by atoms with Crippen LogP contribution in [0.2, 0.25) is 10.0 Å². The van der Waals surface area contributed by atoms with Gasteiger partial charge in [-0.05, 0) is 42.0 Å². The van der Waals surface area contributed by atoms with E-state index in [1.54, 1.807) is 30.0 Å². The lowest BCUT2D eigenvalue weighted by Gasteiger charge is -2.20. The molecule has 0 aliphatic heterocycles. The SMILES string of the molecule is CC(C)(C)c1ccc(-c2nnc(SCCOc3ccc(Cl)cc3Cl)n2C2CCCC2)cc1. The number of benzene rings is 2. The number of hydrogen-bond acceptors (Lipinski definition) is 4. The first-order chi connectivity index (χ1) is 15.3. The highest BCUT2D eigenvalue weighted by molar-refractivity contribution is 7.99. The lowest BCUT2D eigenvalue weighted by molar-refractivity contribution is 0.344. The Morgan fingerprint density at radius 2 is 1.75 bits per heavy atom. The zero-order valence-corrected chi connectivity index (χ0v) is 21.1. The van der Waals surface area contributed by atoms with Gasteiger partial charge in [0.15, 0.2) is 11.0 Å². The van der Waals surface area contributed by atoms with Crippen LogP contribution >= 0.6 is 35.0 Å². The Morgan fingerprint density at radius 1 is 1.03 bits per heavy atom. The molecule has 170 valence electrons. The van der Waals surface area contributed by atoms with Crippen molar-refractivity contribution in [1.29, 1.82) is 0 Å². The molecule has 0 N–H and O–H groups in total. The highest BCUT2D eigenvalue weighted by Gasteiger charge is 2.25. The maximum Gasteiger partial charge on any atom is 0.191 e. The van der Waals surface area contributed by atoms with Crippen LogP contribution in [0.5, 0.6) is 5.75 Å². The van der Waals surface area contributed by atoms with Gasteiger partial charge in [-0.25, -0.2) is 0 Å². The van der Waals surface area contributed by atoms with Crippen molar-refractivity contribution < 1.29 is 4.74 Å². The third-order valence-corrected chi connectivity index (χ3v) is 7.27. The fraction of sp³-hybridized carbons (Fsp3) is 0.440. The first-order valence-corrected chi connectivity index (χ1v) is 12.8. The van der Waals surface area contributed by atoms with Crippen LogP contribution in [0.1, 0.15) is 58.1 Å². The van der Waals surface area contributed by atoms with Crippen molar-refractivity contribution in [2.24, 2.45) is 0 Å². The summed E-state index contributed by atoms with van der Waals surface area (Å²) in [6.45, 7) is 7.23. The van der Waals surface area contributed by atoms with Crippen LogP contribution in [-0.2, 0) is 5.41 Å². The van der Waals surface area contributed by atoms with Crippen LogP contribution in [0.3, 0.4) is 0 Å². The Bertz CT molecular complexity index is 1050. The second-order valence-electron chi connectivity index (χ2n) is 9.21. The third kappa shape index (κ3) is 5.44. The van der Waals surface area contributed by atoms with Crippen molar-refractivity contribution in [2.75, 3.05) is 12.4 Å². The zero-order chi connectivity index (χ0) is 22.7. The number of ether oxygens (including phenoxy) is 1. The lowest BCUT2D eigenvalue weighted by Crippen LogP contribution is -2.11. The molecular weight excluding hydrogens is 461 g/mol. The summed E-state index contributed by atoms with van der Waals surface area (Å²) in [6.07, 6.45) is 4.87. The fourth-order valence-electron chi connectivity index (χ4n) is 4.06. The van der Waals surface area contributed by atoms with E-state index in [9.17, 15) is 0 Å². The van der Waals surface area contributed by atoms with Gasteiger partial charge in [0.2, 0.25) is 0 Å². The Labute approximate surface area is 204 Å². The second-order valence-corrected chi connectivity index (χ2v) is 11.1. The molecule has 32 heavy (non-hydrogen) atoms. The van der Waals surface area contributed by atoms with E-state index in [0.29, 0.717) is 28.4 Å². The normalized spacial score (nSPS) is 14.8. The average Bonchev–Trinajstić information content (AvgIpc) is 3.41. The van der Waals surface area contributed by atoms with Gasteiger partial charge in [-0.2, -0.15) is 0 Å². The van der Waals surface area contributed by atoms with Crippen LogP contribution in [0.4, 0.5) is 0 Å². The van der Waals surface area contributed by atoms with Crippen LogP contribution < -0.4 is 4.74 Å². The van der Waals surface area contributed by atoms with Gasteiger partial charge in [0.1, 0.15) is 5.75 Å². The molecule has 7 heteroatoms. The largest absolute Gasteiger partial charge is 0.491 e. The van der Waals surface area contributed by atoms with Crippen LogP contribution in [0.25, 0.3) is 11.4 Å². The number of rotatable bonds is 7. The topological polar surface area (TPSA) is 39.9 Å². The molecule has 1 aromatic heterocycles. The second kappa shape index (κ2) is 10.1. The smallest absolute Gasteiger partial charge is 0.191 e. The molecule has 3 aromatic rings. The average molecular weight is 491 g/mol. The molecule has 1 fully saturated rings. The van der Waals surface area contributed by atoms with E-state index in [4.69, 9.17) is 27.9 Å². The highest BCUT2D eigenvalue weighted by Crippen LogP contribution is 2.37. The van der Waals surface area contributed by atoms with Crippen molar-refractivity contribution in [1.82, 2.24) is 14.8 Å². The van der Waals surface area contributed by atoms with E-state index in [2.05, 4.69) is 59.8 Å². The predicted molar refractivity (Wildman–Crippen MR) is 134 cm³/mol. The van der Waals surface area contributed by atoms with E-state index in [1.807, 2.05) is 0 Å².